The second kappa shape index (κ2) is 15.1. The minimum absolute atomic E-state index is 0.163. The Bertz CT molecular complexity index is 1580. The highest BCUT2D eigenvalue weighted by Gasteiger charge is 2.32. The van der Waals surface area contributed by atoms with Crippen molar-refractivity contribution in [2.75, 3.05) is 80.1 Å². The molecule has 11 nitrogen and oxygen atoms in total. The molecule has 0 bridgehead atoms. The van der Waals surface area contributed by atoms with Crippen LogP contribution < -0.4 is 25.3 Å². The lowest BCUT2D eigenvalue weighted by Gasteiger charge is -2.43. The molecule has 0 aliphatic carbocycles. The van der Waals surface area contributed by atoms with Crippen molar-refractivity contribution >= 4 is 57.8 Å². The number of methoxy groups -OCH3 is 1. The van der Waals surface area contributed by atoms with E-state index in [0.717, 1.165) is 76.3 Å². The zero-order chi connectivity index (χ0) is 32.9. The molecule has 47 heavy (non-hydrogen) atoms. The van der Waals surface area contributed by atoms with E-state index in [4.69, 9.17) is 32.8 Å². The lowest BCUT2D eigenvalue weighted by Crippen LogP contribution is -2.53. The van der Waals surface area contributed by atoms with Gasteiger partial charge in [-0.15, -0.1) is 0 Å². The Balaban J connectivity index is 1.22. The zero-order valence-electron chi connectivity index (χ0n) is 26.9. The number of halogens is 2. The van der Waals surface area contributed by atoms with Gasteiger partial charge in [-0.25, -0.2) is 15.0 Å². The van der Waals surface area contributed by atoms with Crippen LogP contribution in [0.2, 0.25) is 10.0 Å². The standard InChI is InChI=1S/C34H42Cl2N8O3/c1-4-33(45)40-26-19-27(30(46-3)20-29(26)43-12-9-23(10-13-43)42-16-14-41(5-2)15-17-42)39-31-21-32(38-22-37-31)44-28(11-18-47-44)24-7-6-8-25(35)34(24)36/h4,6-8,19-23,28H,1,5,9-18H2,2-3H3,(H,40,45)(H,37,38,39). The van der Waals surface area contributed by atoms with E-state index in [1.807, 2.05) is 24.3 Å². The van der Waals surface area contributed by atoms with Crippen molar-refractivity contribution in [1.29, 1.82) is 0 Å². The fourth-order valence-electron chi connectivity index (χ4n) is 6.73. The fourth-order valence-corrected chi connectivity index (χ4v) is 7.16. The van der Waals surface area contributed by atoms with E-state index in [1.54, 1.807) is 24.3 Å². The summed E-state index contributed by atoms with van der Waals surface area (Å²) in [6, 6.07) is 11.7. The number of anilines is 5. The maximum atomic E-state index is 12.6. The van der Waals surface area contributed by atoms with Gasteiger partial charge < -0.3 is 25.2 Å². The molecule has 3 saturated heterocycles. The lowest BCUT2D eigenvalue weighted by atomic mass is 10.0. The average Bonchev–Trinajstić information content (AvgIpc) is 3.60. The number of carbonyl (C=O) groups excluding carboxylic acids is 1. The fraction of sp³-hybridized carbons (Fsp3) is 0.441. The molecule has 3 aliphatic heterocycles. The smallest absolute Gasteiger partial charge is 0.247 e. The molecule has 1 atom stereocenters. The number of amides is 1. The number of rotatable bonds is 10. The third-order valence-electron chi connectivity index (χ3n) is 9.32. The highest BCUT2D eigenvalue weighted by Crippen LogP contribution is 2.42. The van der Waals surface area contributed by atoms with Gasteiger partial charge >= 0.3 is 0 Å². The number of nitrogens with zero attached hydrogens (tertiary/aromatic N) is 6. The van der Waals surface area contributed by atoms with Crippen LogP contribution in [0.5, 0.6) is 5.75 Å². The number of nitrogens with one attached hydrogen (secondary N) is 2. The number of hydrogen-bond acceptors (Lipinski definition) is 10. The van der Waals surface area contributed by atoms with Crippen LogP contribution in [0.1, 0.15) is 37.8 Å². The summed E-state index contributed by atoms with van der Waals surface area (Å²) in [5.74, 6) is 1.43. The Morgan fingerprint density at radius 1 is 1.06 bits per heavy atom. The monoisotopic (exact) mass is 680 g/mol. The summed E-state index contributed by atoms with van der Waals surface area (Å²) in [4.78, 5) is 35.0. The number of hydroxylamine groups is 1. The van der Waals surface area contributed by atoms with E-state index in [-0.39, 0.29) is 11.9 Å². The Hall–Kier alpha value is -3.61. The molecule has 2 N–H and O–H groups in total. The number of hydrogen-bond donors (Lipinski definition) is 2. The Kier molecular flexibility index (Phi) is 10.7. The highest BCUT2D eigenvalue weighted by molar-refractivity contribution is 6.42. The van der Waals surface area contributed by atoms with Crippen molar-refractivity contribution in [2.24, 2.45) is 0 Å². The van der Waals surface area contributed by atoms with Crippen LogP contribution in [0.4, 0.5) is 28.7 Å². The molecule has 2 aromatic carbocycles. The van der Waals surface area contributed by atoms with E-state index in [1.165, 1.54) is 12.4 Å². The molecule has 13 heteroatoms. The van der Waals surface area contributed by atoms with Gasteiger partial charge in [-0.2, -0.15) is 0 Å². The molecule has 4 heterocycles. The van der Waals surface area contributed by atoms with Crippen LogP contribution >= 0.6 is 23.2 Å². The predicted octanol–water partition coefficient (Wildman–Crippen LogP) is 6.15. The van der Waals surface area contributed by atoms with Crippen molar-refractivity contribution < 1.29 is 14.4 Å². The number of piperazine rings is 1. The van der Waals surface area contributed by atoms with Gasteiger partial charge in [-0.3, -0.25) is 14.5 Å². The topological polar surface area (TPSA) is 98.3 Å². The first kappa shape index (κ1) is 33.3. The van der Waals surface area contributed by atoms with Crippen molar-refractivity contribution in [3.63, 3.8) is 0 Å². The summed E-state index contributed by atoms with van der Waals surface area (Å²) >= 11 is 12.9. The molecule has 3 aliphatic rings. The van der Waals surface area contributed by atoms with Crippen LogP contribution in [0.25, 0.3) is 0 Å². The number of aromatic nitrogens is 2. The average molecular weight is 682 g/mol. The van der Waals surface area contributed by atoms with Crippen molar-refractivity contribution in [3.05, 3.63) is 71.0 Å². The quantitative estimate of drug-likeness (QED) is 0.243. The molecular weight excluding hydrogens is 639 g/mol. The largest absolute Gasteiger partial charge is 0.494 e. The molecule has 1 unspecified atom stereocenters. The third kappa shape index (κ3) is 7.44. The summed E-state index contributed by atoms with van der Waals surface area (Å²) < 4.78 is 5.86. The van der Waals surface area contributed by atoms with Crippen molar-refractivity contribution in [3.8, 4) is 5.75 Å². The van der Waals surface area contributed by atoms with Crippen LogP contribution in [0.3, 0.4) is 0 Å². The van der Waals surface area contributed by atoms with Gasteiger partial charge in [-0.05, 0) is 43.2 Å². The maximum absolute atomic E-state index is 12.6. The Morgan fingerprint density at radius 2 is 1.85 bits per heavy atom. The first-order valence-corrected chi connectivity index (χ1v) is 17.0. The van der Waals surface area contributed by atoms with Crippen LogP contribution in [0, 0.1) is 0 Å². The Morgan fingerprint density at radius 3 is 2.57 bits per heavy atom. The number of ether oxygens (including phenoxy) is 1. The van der Waals surface area contributed by atoms with Gasteiger partial charge in [0.15, 0.2) is 5.82 Å². The van der Waals surface area contributed by atoms with Gasteiger partial charge in [0, 0.05) is 63.9 Å². The molecule has 3 aromatic rings. The van der Waals surface area contributed by atoms with Crippen molar-refractivity contribution in [1.82, 2.24) is 19.8 Å². The first-order valence-electron chi connectivity index (χ1n) is 16.2. The zero-order valence-corrected chi connectivity index (χ0v) is 28.4. The summed E-state index contributed by atoms with van der Waals surface area (Å²) in [6.07, 6.45) is 5.60. The molecule has 6 rings (SSSR count). The number of piperidine rings is 1. The number of benzene rings is 2. The van der Waals surface area contributed by atoms with Gasteiger partial charge in [-0.1, -0.05) is 48.8 Å². The molecule has 250 valence electrons. The molecule has 0 radical (unpaired) electrons. The van der Waals surface area contributed by atoms with Crippen molar-refractivity contribution in [2.45, 2.75) is 38.3 Å². The molecule has 1 amide bonds. The van der Waals surface area contributed by atoms with Gasteiger partial charge in [0.05, 0.1) is 46.9 Å². The first-order chi connectivity index (χ1) is 22.9. The van der Waals surface area contributed by atoms with E-state index < -0.39 is 0 Å². The SMILES string of the molecule is C=CC(=O)Nc1cc(Nc2cc(N3OCCC3c3cccc(Cl)c3Cl)ncn2)c(OC)cc1N1CCC(N2CCN(CC)CC2)CC1. The number of carbonyl (C=O) groups is 1. The maximum Gasteiger partial charge on any atom is 0.247 e. The van der Waals surface area contributed by atoms with Crippen LogP contribution in [-0.4, -0.2) is 91.2 Å². The lowest BCUT2D eigenvalue weighted by molar-refractivity contribution is -0.111. The second-order valence-corrected chi connectivity index (χ2v) is 12.7. The summed E-state index contributed by atoms with van der Waals surface area (Å²) in [5, 5.41) is 9.12. The van der Waals surface area contributed by atoms with E-state index in [2.05, 4.69) is 48.8 Å². The van der Waals surface area contributed by atoms with Gasteiger partial charge in [0.2, 0.25) is 5.91 Å². The van der Waals surface area contributed by atoms with E-state index in [0.29, 0.717) is 51.5 Å². The minimum atomic E-state index is -0.285. The molecular formula is C34H42Cl2N8O3. The van der Waals surface area contributed by atoms with Crippen LogP contribution in [0.15, 0.2) is 55.4 Å². The second-order valence-electron chi connectivity index (χ2n) is 11.9. The van der Waals surface area contributed by atoms with Gasteiger partial charge in [0.25, 0.3) is 0 Å². The normalized spacial score (nSPS) is 19.5. The van der Waals surface area contributed by atoms with Crippen LogP contribution in [-0.2, 0) is 9.63 Å². The summed E-state index contributed by atoms with van der Waals surface area (Å²) in [5.41, 5.74) is 3.08. The van der Waals surface area contributed by atoms with E-state index >= 15 is 0 Å². The molecule has 0 saturated carbocycles. The molecule has 3 fully saturated rings. The van der Waals surface area contributed by atoms with E-state index in [9.17, 15) is 4.79 Å². The Labute approximate surface area is 286 Å². The van der Waals surface area contributed by atoms with Gasteiger partial charge in [0.1, 0.15) is 17.9 Å². The predicted molar refractivity (Wildman–Crippen MR) is 188 cm³/mol. The summed E-state index contributed by atoms with van der Waals surface area (Å²) in [6.45, 7) is 13.8. The minimum Gasteiger partial charge on any atom is -0.494 e. The third-order valence-corrected chi connectivity index (χ3v) is 10.2. The highest BCUT2D eigenvalue weighted by atomic mass is 35.5. The molecule has 1 aromatic heterocycles. The number of likely N-dealkylation sites (N-methyl/N-ethyl adjacent to an activating group) is 1. The molecule has 0 spiro atoms. The summed E-state index contributed by atoms with van der Waals surface area (Å²) in [7, 11) is 1.64.